The Morgan fingerprint density at radius 1 is 1.00 bits per heavy atom. The van der Waals surface area contributed by atoms with Crippen molar-refractivity contribution in [1.82, 2.24) is 4.90 Å². The molecule has 3 rings (SSSR count). The van der Waals surface area contributed by atoms with E-state index in [0.717, 1.165) is 17.7 Å². The van der Waals surface area contributed by atoms with Crippen molar-refractivity contribution in [2.24, 2.45) is 5.92 Å². The van der Waals surface area contributed by atoms with Gasteiger partial charge in [-0.1, -0.05) is 32.0 Å². The molecule has 0 spiro atoms. The molecule has 0 atom stereocenters. The maximum absolute atomic E-state index is 13.3. The lowest BCUT2D eigenvalue weighted by atomic mass is 9.85. The molecule has 0 saturated carbocycles. The first kappa shape index (κ1) is 25.3. The summed E-state index contributed by atoms with van der Waals surface area (Å²) in [7, 11) is -4.03. The highest BCUT2D eigenvalue weighted by molar-refractivity contribution is 7.92. The van der Waals surface area contributed by atoms with E-state index in [1.165, 1.54) is 6.07 Å². The van der Waals surface area contributed by atoms with E-state index in [2.05, 4.69) is 13.8 Å². The first-order chi connectivity index (χ1) is 15.2. The number of piperidine rings is 1. The minimum atomic E-state index is -4.62. The van der Waals surface area contributed by atoms with Crippen molar-refractivity contribution < 1.29 is 26.4 Å². The molecule has 1 amide bonds. The summed E-state index contributed by atoms with van der Waals surface area (Å²) in [6.45, 7) is 8.09. The largest absolute Gasteiger partial charge is 0.416 e. The SMILES string of the molecule is CC(C)c1ccc(C(=O)N2CCC(C(C)(C)S(=O)(=O)c3cccc(C(F)(F)F)c3)CC2)cc1. The summed E-state index contributed by atoms with van der Waals surface area (Å²) >= 11 is 0. The predicted molar refractivity (Wildman–Crippen MR) is 122 cm³/mol. The number of benzene rings is 2. The molecule has 1 aliphatic rings. The number of nitrogens with zero attached hydrogens (tertiary/aromatic N) is 1. The van der Waals surface area contributed by atoms with Gasteiger partial charge in [-0.2, -0.15) is 13.2 Å². The molecular weight excluding hydrogens is 451 g/mol. The normalized spacial score (nSPS) is 16.3. The Labute approximate surface area is 193 Å². The maximum atomic E-state index is 13.3. The number of likely N-dealkylation sites (tertiary alicyclic amines) is 1. The van der Waals surface area contributed by atoms with Crippen molar-refractivity contribution in [1.29, 1.82) is 0 Å². The van der Waals surface area contributed by atoms with Gasteiger partial charge in [-0.15, -0.1) is 0 Å². The van der Waals surface area contributed by atoms with Gasteiger partial charge in [0.2, 0.25) is 0 Å². The van der Waals surface area contributed by atoms with Crippen LogP contribution in [-0.4, -0.2) is 37.1 Å². The van der Waals surface area contributed by atoms with Gasteiger partial charge in [0.15, 0.2) is 9.84 Å². The van der Waals surface area contributed by atoms with Crippen LogP contribution in [0, 0.1) is 5.92 Å². The van der Waals surface area contributed by atoms with Crippen molar-refractivity contribution in [3.8, 4) is 0 Å². The molecular formula is C25H30F3NO3S. The number of carbonyl (C=O) groups excluding carboxylic acids is 1. The number of hydrogen-bond donors (Lipinski definition) is 0. The third-order valence-electron chi connectivity index (χ3n) is 6.75. The minimum Gasteiger partial charge on any atom is -0.339 e. The van der Waals surface area contributed by atoms with Gasteiger partial charge < -0.3 is 4.90 Å². The summed E-state index contributed by atoms with van der Waals surface area (Å²) < 4.78 is 64.6. The highest BCUT2D eigenvalue weighted by Gasteiger charge is 2.45. The maximum Gasteiger partial charge on any atom is 0.416 e. The van der Waals surface area contributed by atoms with E-state index in [1.54, 1.807) is 18.7 Å². The molecule has 0 aliphatic carbocycles. The zero-order chi connectivity index (χ0) is 24.6. The lowest BCUT2D eigenvalue weighted by Gasteiger charge is -2.40. The standard InChI is InChI=1S/C25H30F3NO3S/c1-17(2)18-8-10-19(11-9-18)23(30)29-14-12-20(13-15-29)24(3,4)33(31,32)22-7-5-6-21(16-22)25(26,27)28/h5-11,16-17,20H,12-15H2,1-4H3. The predicted octanol–water partition coefficient (Wildman–Crippen LogP) is 5.93. The molecule has 0 unspecified atom stereocenters. The lowest BCUT2D eigenvalue weighted by molar-refractivity contribution is -0.137. The fourth-order valence-corrected chi connectivity index (χ4v) is 6.16. The first-order valence-electron chi connectivity index (χ1n) is 11.1. The summed E-state index contributed by atoms with van der Waals surface area (Å²) in [4.78, 5) is 14.3. The fraction of sp³-hybridized carbons (Fsp3) is 0.480. The Bertz CT molecular complexity index is 1100. The van der Waals surface area contributed by atoms with Crippen LogP contribution in [0.15, 0.2) is 53.4 Å². The van der Waals surface area contributed by atoms with Crippen LogP contribution in [0.3, 0.4) is 0 Å². The number of amides is 1. The number of hydrogen-bond acceptors (Lipinski definition) is 3. The van der Waals surface area contributed by atoms with Crippen LogP contribution in [0.4, 0.5) is 13.2 Å². The average molecular weight is 482 g/mol. The van der Waals surface area contributed by atoms with Crippen LogP contribution >= 0.6 is 0 Å². The van der Waals surface area contributed by atoms with Crippen molar-refractivity contribution in [3.63, 3.8) is 0 Å². The average Bonchev–Trinajstić information content (AvgIpc) is 2.78. The van der Waals surface area contributed by atoms with Crippen LogP contribution in [0.5, 0.6) is 0 Å². The van der Waals surface area contributed by atoms with E-state index < -0.39 is 26.3 Å². The third kappa shape index (κ3) is 5.10. The number of rotatable bonds is 5. The second-order valence-electron chi connectivity index (χ2n) is 9.48. The van der Waals surface area contributed by atoms with Gasteiger partial charge in [-0.25, -0.2) is 8.42 Å². The van der Waals surface area contributed by atoms with Crippen LogP contribution in [-0.2, 0) is 16.0 Å². The quantitative estimate of drug-likeness (QED) is 0.532. The van der Waals surface area contributed by atoms with Gasteiger partial charge in [-0.05, 0) is 74.4 Å². The van der Waals surface area contributed by atoms with Gasteiger partial charge in [-0.3, -0.25) is 4.79 Å². The Morgan fingerprint density at radius 3 is 2.09 bits per heavy atom. The van der Waals surface area contributed by atoms with E-state index in [9.17, 15) is 26.4 Å². The van der Waals surface area contributed by atoms with Crippen LogP contribution < -0.4 is 0 Å². The van der Waals surface area contributed by atoms with E-state index in [1.807, 2.05) is 24.3 Å². The fourth-order valence-electron chi connectivity index (χ4n) is 4.33. The molecule has 0 bridgehead atoms. The molecule has 0 radical (unpaired) electrons. The molecule has 1 aliphatic heterocycles. The summed E-state index contributed by atoms with van der Waals surface area (Å²) in [5.74, 6) is -0.0161. The highest BCUT2D eigenvalue weighted by Crippen LogP contribution is 2.39. The first-order valence-corrected chi connectivity index (χ1v) is 12.5. The minimum absolute atomic E-state index is 0.0951. The van der Waals surface area contributed by atoms with E-state index in [4.69, 9.17) is 0 Å². The van der Waals surface area contributed by atoms with Crippen molar-refractivity contribution >= 4 is 15.7 Å². The molecule has 4 nitrogen and oxygen atoms in total. The van der Waals surface area contributed by atoms with Gasteiger partial charge in [0.1, 0.15) is 0 Å². The van der Waals surface area contributed by atoms with Crippen LogP contribution in [0.1, 0.15) is 67.9 Å². The van der Waals surface area contributed by atoms with Gasteiger partial charge in [0.25, 0.3) is 5.91 Å². The topological polar surface area (TPSA) is 54.5 Å². The number of alkyl halides is 3. The van der Waals surface area contributed by atoms with Gasteiger partial charge in [0, 0.05) is 18.7 Å². The third-order valence-corrected chi connectivity index (χ3v) is 9.35. The summed E-state index contributed by atoms with van der Waals surface area (Å²) in [5.41, 5.74) is 0.754. The Morgan fingerprint density at radius 2 is 1.58 bits per heavy atom. The van der Waals surface area contributed by atoms with Crippen molar-refractivity contribution in [2.75, 3.05) is 13.1 Å². The number of carbonyl (C=O) groups is 1. The van der Waals surface area contributed by atoms with E-state index in [0.29, 0.717) is 43.5 Å². The van der Waals surface area contributed by atoms with E-state index in [-0.39, 0.29) is 16.7 Å². The van der Waals surface area contributed by atoms with E-state index >= 15 is 0 Å². The molecule has 0 N–H and O–H groups in total. The summed E-state index contributed by atoms with van der Waals surface area (Å²) in [5, 5.41) is 0. The lowest BCUT2D eigenvalue weighted by Crippen LogP contribution is -2.47. The monoisotopic (exact) mass is 481 g/mol. The second kappa shape index (κ2) is 9.12. The summed E-state index contributed by atoms with van der Waals surface area (Å²) in [6, 6.07) is 11.4. The molecule has 33 heavy (non-hydrogen) atoms. The molecule has 1 saturated heterocycles. The zero-order valence-electron chi connectivity index (χ0n) is 19.3. The molecule has 8 heteroatoms. The molecule has 1 fully saturated rings. The van der Waals surface area contributed by atoms with Gasteiger partial charge >= 0.3 is 6.18 Å². The van der Waals surface area contributed by atoms with Gasteiger partial charge in [0.05, 0.1) is 15.2 Å². The van der Waals surface area contributed by atoms with Crippen molar-refractivity contribution in [2.45, 2.75) is 62.3 Å². The Balaban J connectivity index is 1.73. The highest BCUT2D eigenvalue weighted by atomic mass is 32.2. The molecule has 2 aromatic rings. The molecule has 0 aromatic heterocycles. The van der Waals surface area contributed by atoms with Crippen LogP contribution in [0.2, 0.25) is 0 Å². The zero-order valence-corrected chi connectivity index (χ0v) is 20.1. The summed E-state index contributed by atoms with van der Waals surface area (Å²) in [6.07, 6.45) is -3.70. The number of sulfone groups is 1. The molecule has 1 heterocycles. The second-order valence-corrected chi connectivity index (χ2v) is 12.0. The smallest absolute Gasteiger partial charge is 0.339 e. The number of halogens is 3. The van der Waals surface area contributed by atoms with Crippen molar-refractivity contribution in [3.05, 3.63) is 65.2 Å². The van der Waals surface area contributed by atoms with Crippen LogP contribution in [0.25, 0.3) is 0 Å². The molecule has 2 aromatic carbocycles. The Hall–Kier alpha value is -2.35. The Kier molecular flexibility index (Phi) is 6.99. The molecule has 180 valence electrons.